The third kappa shape index (κ3) is 10.6. The highest BCUT2D eigenvalue weighted by molar-refractivity contribution is 5.99. The first-order valence-corrected chi connectivity index (χ1v) is 17.7. The smallest absolute Gasteiger partial charge is 0.407 e. The van der Waals surface area contributed by atoms with Gasteiger partial charge in [0.25, 0.3) is 0 Å². The fraction of sp³-hybridized carbons (Fsp3) is 0.462. The largest absolute Gasteiger partial charge is 0.444 e. The molecule has 3 amide bonds. The van der Waals surface area contributed by atoms with Gasteiger partial charge in [-0.3, -0.25) is 9.59 Å². The molecule has 5 rings (SSSR count). The van der Waals surface area contributed by atoms with Crippen molar-refractivity contribution < 1.29 is 19.1 Å². The van der Waals surface area contributed by atoms with Gasteiger partial charge in [-0.2, -0.15) is 0 Å². The molecule has 50 heavy (non-hydrogen) atoms. The molecule has 0 radical (unpaired) electrons. The van der Waals surface area contributed by atoms with Crippen LogP contribution in [0.3, 0.4) is 0 Å². The van der Waals surface area contributed by atoms with Gasteiger partial charge in [-0.15, -0.1) is 0 Å². The lowest BCUT2D eigenvalue weighted by Crippen LogP contribution is -2.48. The molecule has 1 aliphatic carbocycles. The van der Waals surface area contributed by atoms with E-state index in [4.69, 9.17) is 15.1 Å². The molecule has 1 aromatic heterocycles. The highest BCUT2D eigenvalue weighted by Gasteiger charge is 2.30. The number of hydrogen-bond acceptors (Lipinski definition) is 8. The van der Waals surface area contributed by atoms with Crippen LogP contribution in [0.5, 0.6) is 0 Å². The van der Waals surface area contributed by atoms with E-state index in [-0.39, 0.29) is 23.7 Å². The number of anilines is 2. The lowest BCUT2D eigenvalue weighted by molar-refractivity contribution is -0.130. The van der Waals surface area contributed by atoms with Crippen LogP contribution < -0.4 is 26.2 Å². The van der Waals surface area contributed by atoms with E-state index < -0.39 is 17.7 Å². The Morgan fingerprint density at radius 1 is 0.980 bits per heavy atom. The second kappa shape index (κ2) is 16.8. The van der Waals surface area contributed by atoms with Crippen LogP contribution in [0, 0.1) is 17.2 Å². The van der Waals surface area contributed by atoms with E-state index in [1.54, 1.807) is 31.2 Å². The SMILES string of the molecule is CC(=N)c1ccc(NC(=O)[C@H](Cc2cccc(-c3ccc(N4CCNCC4)nc3)c2)NC(=O)C2CCC(CNC(=O)OC(C)(C)C)CC2)cc1. The Labute approximate surface area is 295 Å². The van der Waals surface area contributed by atoms with Gasteiger partial charge in [0, 0.05) is 68.2 Å². The average molecular weight is 682 g/mol. The van der Waals surface area contributed by atoms with Crippen molar-refractivity contribution in [2.75, 3.05) is 42.9 Å². The van der Waals surface area contributed by atoms with Crippen molar-refractivity contribution in [1.82, 2.24) is 20.9 Å². The molecule has 1 saturated carbocycles. The summed E-state index contributed by atoms with van der Waals surface area (Å²) >= 11 is 0. The molecule has 1 atom stereocenters. The van der Waals surface area contributed by atoms with E-state index in [1.807, 2.05) is 45.2 Å². The first-order chi connectivity index (χ1) is 23.9. The van der Waals surface area contributed by atoms with Crippen LogP contribution in [0.15, 0.2) is 66.9 Å². The summed E-state index contributed by atoms with van der Waals surface area (Å²) in [6.45, 7) is 11.5. The molecule has 2 aromatic carbocycles. The summed E-state index contributed by atoms with van der Waals surface area (Å²) in [7, 11) is 0. The van der Waals surface area contributed by atoms with Crippen LogP contribution >= 0.6 is 0 Å². The third-order valence-corrected chi connectivity index (χ3v) is 9.26. The summed E-state index contributed by atoms with van der Waals surface area (Å²) in [5.74, 6) is 0.566. The second-order valence-corrected chi connectivity index (χ2v) is 14.4. The molecule has 1 saturated heterocycles. The second-order valence-electron chi connectivity index (χ2n) is 14.4. The Hall–Kier alpha value is -4.77. The number of ether oxygens (including phenoxy) is 1. The van der Waals surface area contributed by atoms with Crippen LogP contribution in [-0.4, -0.2) is 73.0 Å². The molecule has 2 aliphatic rings. The van der Waals surface area contributed by atoms with Gasteiger partial charge in [0.1, 0.15) is 17.5 Å². The predicted molar refractivity (Wildman–Crippen MR) is 198 cm³/mol. The van der Waals surface area contributed by atoms with Crippen molar-refractivity contribution >= 4 is 35.1 Å². The molecule has 2 fully saturated rings. The lowest BCUT2D eigenvalue weighted by atomic mass is 9.81. The first-order valence-electron chi connectivity index (χ1n) is 17.7. The summed E-state index contributed by atoms with van der Waals surface area (Å²) in [5.41, 5.74) is 4.15. The molecule has 3 aromatic rings. The van der Waals surface area contributed by atoms with Crippen molar-refractivity contribution in [2.24, 2.45) is 11.8 Å². The molecule has 0 unspecified atom stereocenters. The van der Waals surface area contributed by atoms with E-state index in [2.05, 4.69) is 44.4 Å². The number of benzene rings is 2. The fourth-order valence-corrected chi connectivity index (χ4v) is 6.45. The summed E-state index contributed by atoms with van der Waals surface area (Å²) < 4.78 is 5.35. The number of carbonyl (C=O) groups is 3. The van der Waals surface area contributed by atoms with Gasteiger partial charge >= 0.3 is 6.09 Å². The molecule has 0 bridgehead atoms. The summed E-state index contributed by atoms with van der Waals surface area (Å²) in [4.78, 5) is 46.5. The molecular weight excluding hydrogens is 630 g/mol. The Bertz CT molecular complexity index is 1620. The normalized spacial score (nSPS) is 18.4. The minimum absolute atomic E-state index is 0.137. The maximum Gasteiger partial charge on any atom is 0.407 e. The highest BCUT2D eigenvalue weighted by atomic mass is 16.6. The maximum atomic E-state index is 13.8. The van der Waals surface area contributed by atoms with Gasteiger partial charge in [0.05, 0.1) is 0 Å². The Morgan fingerprint density at radius 3 is 2.34 bits per heavy atom. The van der Waals surface area contributed by atoms with Gasteiger partial charge in [-0.05, 0) is 100 Å². The number of aromatic nitrogens is 1. The molecule has 2 heterocycles. The van der Waals surface area contributed by atoms with E-state index in [1.165, 1.54) is 0 Å². The molecule has 1 aliphatic heterocycles. The number of rotatable bonds is 11. The van der Waals surface area contributed by atoms with Crippen molar-refractivity contribution in [3.05, 3.63) is 78.0 Å². The summed E-state index contributed by atoms with van der Waals surface area (Å²) in [6, 6.07) is 18.5. The first kappa shape index (κ1) is 36.5. The zero-order valence-electron chi connectivity index (χ0n) is 29.7. The number of nitrogens with zero attached hydrogens (tertiary/aromatic N) is 2. The highest BCUT2D eigenvalue weighted by Crippen LogP contribution is 2.29. The van der Waals surface area contributed by atoms with E-state index in [0.717, 1.165) is 67.1 Å². The van der Waals surface area contributed by atoms with Crippen LogP contribution in [0.25, 0.3) is 11.1 Å². The Balaban J connectivity index is 1.25. The van der Waals surface area contributed by atoms with Gasteiger partial charge in [0.2, 0.25) is 11.8 Å². The summed E-state index contributed by atoms with van der Waals surface area (Å²) in [6.07, 6.45) is 4.73. The van der Waals surface area contributed by atoms with Crippen LogP contribution in [0.4, 0.5) is 16.3 Å². The zero-order valence-corrected chi connectivity index (χ0v) is 29.7. The molecular formula is C39H51N7O4. The standard InChI is InChI=1S/C39H51N7O4/c1-26(40)29-12-15-33(16-13-29)44-37(48)34(45-36(47)30-10-8-27(9-11-30)24-43-38(49)50-39(2,3)4)23-28-6-5-7-31(22-28)32-14-17-35(42-25-32)46-20-18-41-19-21-46/h5-7,12-17,22,25,27,30,34,40-41H,8-11,18-21,23-24H2,1-4H3,(H,43,49)(H,44,48)(H,45,47)/t27?,30?,34-/m0/s1. The van der Waals surface area contributed by atoms with E-state index in [0.29, 0.717) is 37.2 Å². The lowest BCUT2D eigenvalue weighted by Gasteiger charge is -2.29. The van der Waals surface area contributed by atoms with E-state index in [9.17, 15) is 14.4 Å². The van der Waals surface area contributed by atoms with Crippen molar-refractivity contribution in [2.45, 2.75) is 71.4 Å². The number of nitrogens with one attached hydrogen (secondary N) is 5. The number of carbonyl (C=O) groups excluding carboxylic acids is 3. The number of alkyl carbamates (subject to hydrolysis) is 1. The number of hydrogen-bond donors (Lipinski definition) is 5. The van der Waals surface area contributed by atoms with Gasteiger partial charge in [-0.1, -0.05) is 36.4 Å². The predicted octanol–water partition coefficient (Wildman–Crippen LogP) is 5.54. The maximum absolute atomic E-state index is 13.8. The molecule has 266 valence electrons. The van der Waals surface area contributed by atoms with Crippen LogP contribution in [0.1, 0.15) is 64.5 Å². The monoisotopic (exact) mass is 681 g/mol. The molecule has 5 N–H and O–H groups in total. The van der Waals surface area contributed by atoms with Crippen LogP contribution in [-0.2, 0) is 20.7 Å². The number of pyridine rings is 1. The average Bonchev–Trinajstić information content (AvgIpc) is 3.10. The molecule has 11 nitrogen and oxygen atoms in total. The topological polar surface area (TPSA) is 149 Å². The fourth-order valence-electron chi connectivity index (χ4n) is 6.45. The zero-order chi connectivity index (χ0) is 35.7. The van der Waals surface area contributed by atoms with Gasteiger partial charge < -0.3 is 36.3 Å². The Morgan fingerprint density at radius 2 is 1.70 bits per heavy atom. The van der Waals surface area contributed by atoms with Crippen molar-refractivity contribution in [3.63, 3.8) is 0 Å². The Kier molecular flexibility index (Phi) is 12.2. The van der Waals surface area contributed by atoms with Gasteiger partial charge in [-0.25, -0.2) is 9.78 Å². The third-order valence-electron chi connectivity index (χ3n) is 9.26. The van der Waals surface area contributed by atoms with Crippen molar-refractivity contribution in [3.8, 4) is 11.1 Å². The molecule has 11 heteroatoms. The quantitative estimate of drug-likeness (QED) is 0.167. The van der Waals surface area contributed by atoms with Crippen molar-refractivity contribution in [1.29, 1.82) is 5.41 Å². The summed E-state index contributed by atoms with van der Waals surface area (Å²) in [5, 5.41) is 20.2. The molecule has 0 spiro atoms. The minimum atomic E-state index is -0.804. The van der Waals surface area contributed by atoms with Crippen LogP contribution in [0.2, 0.25) is 0 Å². The number of amides is 3. The number of piperazine rings is 1. The van der Waals surface area contributed by atoms with Gasteiger partial charge in [0.15, 0.2) is 0 Å². The van der Waals surface area contributed by atoms with E-state index >= 15 is 0 Å². The minimum Gasteiger partial charge on any atom is -0.444 e.